The summed E-state index contributed by atoms with van der Waals surface area (Å²) in [6, 6.07) is 0. The Hall–Kier alpha value is 0.270. The molecule has 0 bridgehead atoms. The maximum Gasteiger partial charge on any atom is 0.0231 e. The lowest BCUT2D eigenvalue weighted by Gasteiger charge is -2.38. The monoisotopic (exact) mass is 258 g/mol. The van der Waals surface area contributed by atoms with Gasteiger partial charge in [-0.2, -0.15) is 11.8 Å². The van der Waals surface area contributed by atoms with Gasteiger partial charge in [-0.1, -0.05) is 13.8 Å². The molecule has 3 heteroatoms. The highest BCUT2D eigenvalue weighted by molar-refractivity contribution is 8.00. The maximum absolute atomic E-state index is 5.65. The highest BCUT2D eigenvalue weighted by Gasteiger charge is 2.27. The lowest BCUT2D eigenvalue weighted by atomic mass is 9.84. The van der Waals surface area contributed by atoms with Gasteiger partial charge in [0, 0.05) is 23.6 Å². The highest BCUT2D eigenvalue weighted by Crippen LogP contribution is 2.30. The van der Waals surface area contributed by atoms with Gasteiger partial charge in [0.05, 0.1) is 0 Å². The largest absolute Gasteiger partial charge is 0.330 e. The second-order valence-electron chi connectivity index (χ2n) is 6.69. The molecule has 0 saturated carbocycles. The molecule has 2 N–H and O–H groups in total. The number of nitrogens with zero attached hydrogens (tertiary/aromatic N) is 1. The van der Waals surface area contributed by atoms with Crippen molar-refractivity contribution in [2.45, 2.75) is 51.7 Å². The maximum atomic E-state index is 5.65. The number of hydrogen-bond acceptors (Lipinski definition) is 3. The molecule has 17 heavy (non-hydrogen) atoms. The second-order valence-corrected chi connectivity index (χ2v) is 8.49. The van der Waals surface area contributed by atoms with Crippen molar-refractivity contribution < 1.29 is 0 Å². The fourth-order valence-electron chi connectivity index (χ4n) is 2.60. The normalized spacial score (nSPS) is 21.7. The summed E-state index contributed by atoms with van der Waals surface area (Å²) in [6.07, 6.45) is 3.76. The van der Waals surface area contributed by atoms with Crippen LogP contribution < -0.4 is 5.73 Å². The quantitative estimate of drug-likeness (QED) is 0.794. The zero-order valence-corrected chi connectivity index (χ0v) is 12.9. The van der Waals surface area contributed by atoms with E-state index in [4.69, 9.17) is 5.73 Å². The molecule has 0 amide bonds. The van der Waals surface area contributed by atoms with Crippen LogP contribution in [0.15, 0.2) is 0 Å². The summed E-state index contributed by atoms with van der Waals surface area (Å²) in [5.74, 6) is 1.29. The molecule has 102 valence electrons. The SMILES string of the molecule is CC(C)(CCN)CCCN1CCSC(C)(C)C1. The van der Waals surface area contributed by atoms with Crippen LogP contribution in [0.3, 0.4) is 0 Å². The van der Waals surface area contributed by atoms with Crippen LogP contribution in [0.1, 0.15) is 47.0 Å². The van der Waals surface area contributed by atoms with E-state index < -0.39 is 0 Å². The van der Waals surface area contributed by atoms with Gasteiger partial charge in [-0.25, -0.2) is 0 Å². The van der Waals surface area contributed by atoms with E-state index in [1.54, 1.807) is 0 Å². The highest BCUT2D eigenvalue weighted by atomic mass is 32.2. The minimum Gasteiger partial charge on any atom is -0.330 e. The van der Waals surface area contributed by atoms with Crippen molar-refractivity contribution in [1.82, 2.24) is 4.90 Å². The Morgan fingerprint density at radius 3 is 2.59 bits per heavy atom. The molecule has 1 heterocycles. The summed E-state index contributed by atoms with van der Waals surface area (Å²) in [6.45, 7) is 14.0. The molecule has 0 unspecified atom stereocenters. The predicted octanol–water partition coefficient (Wildman–Crippen LogP) is 2.97. The van der Waals surface area contributed by atoms with Gasteiger partial charge in [0.2, 0.25) is 0 Å². The molecule has 0 spiro atoms. The van der Waals surface area contributed by atoms with Crippen LogP contribution in [0.25, 0.3) is 0 Å². The summed E-state index contributed by atoms with van der Waals surface area (Å²) in [5, 5.41) is 0. The Morgan fingerprint density at radius 2 is 2.00 bits per heavy atom. The zero-order chi connectivity index (χ0) is 12.9. The topological polar surface area (TPSA) is 29.3 Å². The molecular formula is C14H30N2S. The van der Waals surface area contributed by atoms with E-state index in [1.807, 2.05) is 0 Å². The van der Waals surface area contributed by atoms with Gasteiger partial charge in [0.15, 0.2) is 0 Å². The van der Waals surface area contributed by atoms with Crippen molar-refractivity contribution >= 4 is 11.8 Å². The van der Waals surface area contributed by atoms with E-state index in [0.29, 0.717) is 10.2 Å². The zero-order valence-electron chi connectivity index (χ0n) is 12.1. The molecule has 0 aliphatic carbocycles. The Balaban J connectivity index is 2.22. The second kappa shape index (κ2) is 6.44. The van der Waals surface area contributed by atoms with Gasteiger partial charge in [0.1, 0.15) is 0 Å². The molecule has 1 aliphatic heterocycles. The van der Waals surface area contributed by atoms with Crippen molar-refractivity contribution in [1.29, 1.82) is 0 Å². The molecule has 1 saturated heterocycles. The minimum atomic E-state index is 0.425. The smallest absolute Gasteiger partial charge is 0.0231 e. The Labute approximate surface area is 112 Å². The van der Waals surface area contributed by atoms with Crippen LogP contribution in [0.5, 0.6) is 0 Å². The van der Waals surface area contributed by atoms with Crippen molar-refractivity contribution in [2.24, 2.45) is 11.1 Å². The van der Waals surface area contributed by atoms with E-state index in [-0.39, 0.29) is 0 Å². The fraction of sp³-hybridized carbons (Fsp3) is 1.00. The number of thioether (sulfide) groups is 1. The molecule has 1 aliphatic rings. The van der Waals surface area contributed by atoms with Crippen LogP contribution in [0.2, 0.25) is 0 Å². The van der Waals surface area contributed by atoms with Crippen molar-refractivity contribution in [3.63, 3.8) is 0 Å². The van der Waals surface area contributed by atoms with Crippen LogP contribution in [-0.2, 0) is 0 Å². The number of nitrogens with two attached hydrogens (primary N) is 1. The number of rotatable bonds is 6. The van der Waals surface area contributed by atoms with Gasteiger partial charge in [0.25, 0.3) is 0 Å². The first-order chi connectivity index (χ1) is 7.85. The molecule has 0 aromatic carbocycles. The van der Waals surface area contributed by atoms with Crippen LogP contribution >= 0.6 is 11.8 Å². The first kappa shape index (κ1) is 15.3. The molecule has 2 nitrogen and oxygen atoms in total. The lowest BCUT2D eigenvalue weighted by Crippen LogP contribution is -2.43. The number of hydrogen-bond donors (Lipinski definition) is 1. The fourth-order valence-corrected chi connectivity index (χ4v) is 3.78. The summed E-state index contributed by atoms with van der Waals surface area (Å²) in [5.41, 5.74) is 6.08. The van der Waals surface area contributed by atoms with Gasteiger partial charge in [-0.3, -0.25) is 0 Å². The molecule has 0 aromatic heterocycles. The lowest BCUT2D eigenvalue weighted by molar-refractivity contribution is 0.227. The average molecular weight is 258 g/mol. The van der Waals surface area contributed by atoms with Gasteiger partial charge in [-0.15, -0.1) is 0 Å². The van der Waals surface area contributed by atoms with E-state index >= 15 is 0 Å². The molecular weight excluding hydrogens is 228 g/mol. The average Bonchev–Trinajstić information content (AvgIpc) is 2.15. The third-order valence-corrected chi connectivity index (χ3v) is 4.95. The molecule has 1 rings (SSSR count). The third kappa shape index (κ3) is 6.12. The standard InChI is InChI=1S/C14H30N2S/c1-13(2,7-8-15)6-5-9-16-10-11-17-14(3,4)12-16/h5-12,15H2,1-4H3. The molecule has 0 radical (unpaired) electrons. The Bertz CT molecular complexity index is 226. The predicted molar refractivity (Wildman–Crippen MR) is 79.7 cm³/mol. The summed E-state index contributed by atoms with van der Waals surface area (Å²) in [7, 11) is 0. The van der Waals surface area contributed by atoms with Crippen LogP contribution in [0, 0.1) is 5.41 Å². The van der Waals surface area contributed by atoms with E-state index in [0.717, 1.165) is 13.0 Å². The molecule has 0 aromatic rings. The van der Waals surface area contributed by atoms with Crippen molar-refractivity contribution in [3.8, 4) is 0 Å². The molecule has 1 fully saturated rings. The Kier molecular flexibility index (Phi) is 5.81. The first-order valence-electron chi connectivity index (χ1n) is 6.91. The van der Waals surface area contributed by atoms with Crippen LogP contribution in [-0.4, -0.2) is 41.6 Å². The van der Waals surface area contributed by atoms with E-state index in [2.05, 4.69) is 44.4 Å². The summed E-state index contributed by atoms with van der Waals surface area (Å²) < 4.78 is 0.449. The van der Waals surface area contributed by atoms with Gasteiger partial charge < -0.3 is 10.6 Å². The van der Waals surface area contributed by atoms with Crippen molar-refractivity contribution in [3.05, 3.63) is 0 Å². The van der Waals surface area contributed by atoms with Crippen molar-refractivity contribution in [2.75, 3.05) is 31.9 Å². The minimum absolute atomic E-state index is 0.425. The van der Waals surface area contributed by atoms with Gasteiger partial charge >= 0.3 is 0 Å². The van der Waals surface area contributed by atoms with E-state index in [1.165, 1.54) is 38.2 Å². The molecule has 0 atom stereocenters. The summed E-state index contributed by atoms with van der Waals surface area (Å²) >= 11 is 2.11. The van der Waals surface area contributed by atoms with Crippen LogP contribution in [0.4, 0.5) is 0 Å². The third-order valence-electron chi connectivity index (χ3n) is 3.65. The van der Waals surface area contributed by atoms with E-state index in [9.17, 15) is 0 Å². The first-order valence-corrected chi connectivity index (χ1v) is 7.90. The van der Waals surface area contributed by atoms with Gasteiger partial charge in [-0.05, 0) is 51.6 Å². The Morgan fingerprint density at radius 1 is 1.29 bits per heavy atom. The summed E-state index contributed by atoms with van der Waals surface area (Å²) in [4.78, 5) is 2.63.